The van der Waals surface area contributed by atoms with Crippen LogP contribution in [0.15, 0.2) is 60.8 Å². The normalized spacial score (nSPS) is 13.1. The number of aryl methyl sites for hydroxylation is 1. The van der Waals surface area contributed by atoms with Crippen molar-refractivity contribution < 1.29 is 41.0 Å². The van der Waals surface area contributed by atoms with Crippen LogP contribution >= 0.6 is 0 Å². The Hall–Kier alpha value is -3.80. The van der Waals surface area contributed by atoms with Gasteiger partial charge in [-0.05, 0) is 55.5 Å². The quantitative estimate of drug-likeness (QED) is 0.172. The number of unbranched alkanes of at least 4 members (excludes halogenated alkanes) is 2. The first-order chi connectivity index (χ1) is 19.2. The number of halogens is 6. The van der Waals surface area contributed by atoms with Crippen LogP contribution in [-0.2, 0) is 30.6 Å². The third kappa shape index (κ3) is 8.35. The number of carbonyl (C=O) groups excluding carboxylic acids is 2. The number of fused-ring (bicyclic) bond motifs is 1. The lowest BCUT2D eigenvalue weighted by atomic mass is 10.0. The van der Waals surface area contributed by atoms with Crippen LogP contribution in [0.1, 0.15) is 46.3 Å². The van der Waals surface area contributed by atoms with Gasteiger partial charge in [-0.25, -0.2) is 0 Å². The minimum atomic E-state index is -5.10. The number of para-hydroxylation sites is 1. The van der Waals surface area contributed by atoms with Crippen LogP contribution in [0, 0.1) is 0 Å². The first-order valence-electron chi connectivity index (χ1n) is 12.9. The molecular weight excluding hydrogens is 552 g/mol. The number of aromatic nitrogens is 1. The fourth-order valence-electron chi connectivity index (χ4n) is 4.46. The molecule has 1 atom stereocenters. The van der Waals surface area contributed by atoms with E-state index in [1.54, 1.807) is 0 Å². The van der Waals surface area contributed by atoms with Crippen molar-refractivity contribution in [3.05, 3.63) is 83.1 Å². The number of rotatable bonds is 11. The van der Waals surface area contributed by atoms with E-state index < -0.39 is 46.9 Å². The third-order valence-corrected chi connectivity index (χ3v) is 6.66. The van der Waals surface area contributed by atoms with Gasteiger partial charge < -0.3 is 19.9 Å². The molecule has 0 aliphatic carbocycles. The van der Waals surface area contributed by atoms with E-state index in [0.717, 1.165) is 21.4 Å². The summed E-state index contributed by atoms with van der Waals surface area (Å²) in [6.07, 6.45) is -3.73. The van der Waals surface area contributed by atoms with Crippen molar-refractivity contribution >= 4 is 22.7 Å². The van der Waals surface area contributed by atoms with Crippen LogP contribution in [0.4, 0.5) is 26.3 Å². The van der Waals surface area contributed by atoms with Crippen LogP contribution in [0.25, 0.3) is 10.9 Å². The molecule has 0 aliphatic rings. The Morgan fingerprint density at radius 3 is 2.24 bits per heavy atom. The lowest BCUT2D eigenvalue weighted by Gasteiger charge is -2.27. The minimum Gasteiger partial charge on any atom is -0.396 e. The molecule has 0 saturated heterocycles. The summed E-state index contributed by atoms with van der Waals surface area (Å²) in [5.74, 6) is -1.54. The number of hydrogen-bond donors (Lipinski definition) is 2. The summed E-state index contributed by atoms with van der Waals surface area (Å²) in [5.41, 5.74) is -2.31. The highest BCUT2D eigenvalue weighted by Crippen LogP contribution is 2.36. The molecule has 2 aromatic carbocycles. The number of amides is 2. The zero-order valence-corrected chi connectivity index (χ0v) is 22.5. The number of alkyl halides is 6. The maximum atomic E-state index is 13.4. The number of likely N-dealkylation sites (N-methyl/N-ethyl adjacent to an activating group) is 1. The first kappa shape index (κ1) is 31.7. The lowest BCUT2D eigenvalue weighted by molar-refractivity contribution is -0.143. The van der Waals surface area contributed by atoms with Gasteiger partial charge in [-0.15, -0.1) is 0 Å². The molecule has 2 N–H and O–H groups in total. The average Bonchev–Trinajstić information content (AvgIpc) is 3.23. The molecule has 2 amide bonds. The molecule has 222 valence electrons. The first-order valence-corrected chi connectivity index (χ1v) is 12.9. The lowest BCUT2D eigenvalue weighted by Crippen LogP contribution is -2.38. The van der Waals surface area contributed by atoms with Crippen molar-refractivity contribution in [1.82, 2.24) is 14.8 Å². The van der Waals surface area contributed by atoms with Gasteiger partial charge >= 0.3 is 12.4 Å². The topological polar surface area (TPSA) is 74.6 Å². The molecule has 0 bridgehead atoms. The fraction of sp³-hybridized carbons (Fsp3) is 0.379. The highest BCUT2D eigenvalue weighted by atomic mass is 19.4. The molecule has 0 spiro atoms. The summed E-state index contributed by atoms with van der Waals surface area (Å²) < 4.78 is 82.3. The Kier molecular flexibility index (Phi) is 10.2. The number of nitrogens with one attached hydrogen (secondary N) is 1. The van der Waals surface area contributed by atoms with Crippen LogP contribution in [0.3, 0.4) is 0 Å². The Bertz CT molecular complexity index is 1360. The van der Waals surface area contributed by atoms with Gasteiger partial charge in [0.05, 0.1) is 17.2 Å². The zero-order chi connectivity index (χ0) is 30.4. The van der Waals surface area contributed by atoms with E-state index in [4.69, 9.17) is 5.11 Å². The predicted molar refractivity (Wildman–Crippen MR) is 142 cm³/mol. The zero-order valence-electron chi connectivity index (χ0n) is 22.5. The highest BCUT2D eigenvalue weighted by molar-refractivity contribution is 5.95. The third-order valence-electron chi connectivity index (χ3n) is 6.66. The van der Waals surface area contributed by atoms with Crippen LogP contribution in [0.2, 0.25) is 0 Å². The largest absolute Gasteiger partial charge is 0.416 e. The second-order valence-corrected chi connectivity index (χ2v) is 9.70. The number of benzene rings is 2. The number of nitrogens with zero attached hydrogens (tertiary/aromatic N) is 2. The van der Waals surface area contributed by atoms with Gasteiger partial charge in [0.1, 0.15) is 0 Å². The summed E-state index contributed by atoms with van der Waals surface area (Å²) in [6, 6.07) is 7.26. The molecule has 41 heavy (non-hydrogen) atoms. The smallest absolute Gasteiger partial charge is 0.396 e. The number of aliphatic hydroxyl groups is 1. The van der Waals surface area contributed by atoms with Gasteiger partial charge in [-0.1, -0.05) is 24.3 Å². The molecular formula is C29H31F6N3O3. The van der Waals surface area contributed by atoms with Gasteiger partial charge in [-0.2, -0.15) is 26.3 Å². The van der Waals surface area contributed by atoms with Crippen LogP contribution in [0.5, 0.6) is 0 Å². The molecule has 3 rings (SSSR count). The molecule has 1 heterocycles. The minimum absolute atomic E-state index is 0.0326. The van der Waals surface area contributed by atoms with Gasteiger partial charge in [0.15, 0.2) is 0 Å². The second-order valence-electron chi connectivity index (χ2n) is 9.70. The van der Waals surface area contributed by atoms with Gasteiger partial charge in [0, 0.05) is 56.0 Å². The highest BCUT2D eigenvalue weighted by Gasteiger charge is 2.38. The summed E-state index contributed by atoms with van der Waals surface area (Å²) in [7, 11) is 3.08. The van der Waals surface area contributed by atoms with E-state index in [9.17, 15) is 35.9 Å². The Morgan fingerprint density at radius 1 is 1.00 bits per heavy atom. The molecule has 1 unspecified atom stereocenters. The summed E-state index contributed by atoms with van der Waals surface area (Å²) in [4.78, 5) is 26.8. The number of carbonyl (C=O) groups is 2. The van der Waals surface area contributed by atoms with Crippen LogP contribution in [-0.4, -0.2) is 52.6 Å². The van der Waals surface area contributed by atoms with Crippen molar-refractivity contribution in [2.45, 2.75) is 44.1 Å². The van der Waals surface area contributed by atoms with Crippen molar-refractivity contribution in [3.8, 4) is 0 Å². The van der Waals surface area contributed by atoms with Crippen molar-refractivity contribution in [1.29, 1.82) is 0 Å². The van der Waals surface area contributed by atoms with E-state index in [-0.39, 0.29) is 19.1 Å². The summed E-state index contributed by atoms with van der Waals surface area (Å²) >= 11 is 0. The maximum Gasteiger partial charge on any atom is 0.416 e. The van der Waals surface area contributed by atoms with Crippen molar-refractivity contribution in [3.63, 3.8) is 0 Å². The maximum absolute atomic E-state index is 13.4. The van der Waals surface area contributed by atoms with E-state index >= 15 is 0 Å². The molecule has 12 heteroatoms. The second kappa shape index (κ2) is 13.2. The van der Waals surface area contributed by atoms with E-state index in [1.165, 1.54) is 19.2 Å². The summed E-state index contributed by atoms with van der Waals surface area (Å²) in [6.45, 7) is 0.386. The van der Waals surface area contributed by atoms with Crippen LogP contribution < -0.4 is 5.32 Å². The molecule has 1 aromatic heterocycles. The average molecular weight is 584 g/mol. The molecule has 0 saturated carbocycles. The van der Waals surface area contributed by atoms with Crippen molar-refractivity contribution in [2.75, 3.05) is 20.2 Å². The van der Waals surface area contributed by atoms with Gasteiger partial charge in [0.25, 0.3) is 5.91 Å². The predicted octanol–water partition coefficient (Wildman–Crippen LogP) is 5.73. The standard InChI is InChI=1S/C29H31F6N3O3/c1-37-18-20(24-8-4-5-9-25(24)37)16-23(10-11-26(40)36-12-6-3-7-13-39)38(2)27(41)19-14-21(28(30,31)32)17-22(15-19)29(33,34)35/h4-5,8-11,14-15,17-18,23,39H,3,6-7,12-13,16H2,1-2H3,(H,36,40). The SMILES string of the molecule is CN(C(=O)c1cc(C(F)(F)F)cc(C(F)(F)F)c1)C(C=CC(=O)NCCCCCO)Cc1cn(C)c2ccccc12. The molecule has 0 aliphatic heterocycles. The number of hydrogen-bond acceptors (Lipinski definition) is 3. The molecule has 3 aromatic rings. The molecule has 0 fully saturated rings. The van der Waals surface area contributed by atoms with Gasteiger partial charge in [-0.3, -0.25) is 9.59 Å². The van der Waals surface area contributed by atoms with E-state index in [1.807, 2.05) is 42.1 Å². The van der Waals surface area contributed by atoms with E-state index in [0.29, 0.717) is 37.9 Å². The molecule has 0 radical (unpaired) electrons. The Labute approximate surface area is 233 Å². The number of aliphatic hydroxyl groups excluding tert-OH is 1. The Balaban J connectivity index is 1.95. The van der Waals surface area contributed by atoms with Crippen molar-refractivity contribution in [2.24, 2.45) is 7.05 Å². The molecule has 6 nitrogen and oxygen atoms in total. The van der Waals surface area contributed by atoms with Gasteiger partial charge in [0.2, 0.25) is 5.91 Å². The monoisotopic (exact) mass is 583 g/mol. The summed E-state index contributed by atoms with van der Waals surface area (Å²) in [5, 5.41) is 12.4. The van der Waals surface area contributed by atoms with E-state index in [2.05, 4.69) is 5.32 Å². The fourth-order valence-corrected chi connectivity index (χ4v) is 4.46. The Morgan fingerprint density at radius 2 is 1.63 bits per heavy atom.